The van der Waals surface area contributed by atoms with Crippen molar-refractivity contribution in [1.82, 2.24) is 9.55 Å². The number of ether oxygens (including phenoxy) is 3. The zero-order valence-corrected chi connectivity index (χ0v) is 11.8. The van der Waals surface area contributed by atoms with Crippen LogP contribution in [-0.4, -0.2) is 35.0 Å². The minimum atomic E-state index is -0.679. The number of imidazole rings is 1. The maximum absolute atomic E-state index is 11.2. The van der Waals surface area contributed by atoms with Gasteiger partial charge in [-0.05, 0) is 32.9 Å². The summed E-state index contributed by atoms with van der Waals surface area (Å²) in [6.07, 6.45) is 6.27. The maximum atomic E-state index is 11.2. The summed E-state index contributed by atoms with van der Waals surface area (Å²) in [5.74, 6) is 0. The quantitative estimate of drug-likeness (QED) is 0.767. The molecule has 106 valence electrons. The van der Waals surface area contributed by atoms with E-state index in [-0.39, 0.29) is 6.61 Å². The first kappa shape index (κ1) is 15.2. The van der Waals surface area contributed by atoms with Crippen LogP contribution in [0, 0.1) is 0 Å². The van der Waals surface area contributed by atoms with Gasteiger partial charge in [0.25, 0.3) is 0 Å². The molecule has 0 N–H and O–H groups in total. The molecule has 6 nitrogen and oxygen atoms in total. The second-order valence-electron chi connectivity index (χ2n) is 4.91. The molecular formula is C13H20N2O4. The second-order valence-corrected chi connectivity index (χ2v) is 4.91. The van der Waals surface area contributed by atoms with Crippen LogP contribution < -0.4 is 0 Å². The first-order chi connectivity index (χ1) is 8.90. The Hall–Kier alpha value is -1.82. The first-order valence-electron chi connectivity index (χ1n) is 5.94. The van der Waals surface area contributed by atoms with Crippen molar-refractivity contribution in [2.24, 2.45) is 0 Å². The minimum Gasteiger partial charge on any atom is -0.430 e. The zero-order valence-electron chi connectivity index (χ0n) is 11.8. The van der Waals surface area contributed by atoms with Gasteiger partial charge in [0.15, 0.2) is 0 Å². The average Bonchev–Trinajstić information content (AvgIpc) is 2.70. The van der Waals surface area contributed by atoms with Gasteiger partial charge < -0.3 is 18.8 Å². The molecule has 1 heterocycles. The molecule has 6 heteroatoms. The van der Waals surface area contributed by atoms with Crippen molar-refractivity contribution in [2.45, 2.75) is 33.1 Å². The molecule has 0 aromatic carbocycles. The molecule has 0 aliphatic heterocycles. The molecule has 0 atom stereocenters. The Bertz CT molecular complexity index is 432. The van der Waals surface area contributed by atoms with Crippen LogP contribution >= 0.6 is 0 Å². The smallest absolute Gasteiger partial charge is 0.430 e. The van der Waals surface area contributed by atoms with Crippen molar-refractivity contribution in [3.63, 3.8) is 0 Å². The lowest BCUT2D eigenvalue weighted by Gasteiger charge is -2.18. The van der Waals surface area contributed by atoms with Crippen molar-refractivity contribution in [2.75, 3.05) is 13.7 Å². The van der Waals surface area contributed by atoms with Crippen LogP contribution in [-0.2, 0) is 20.9 Å². The highest BCUT2D eigenvalue weighted by Gasteiger charge is 2.16. The fourth-order valence-corrected chi connectivity index (χ4v) is 1.25. The highest BCUT2D eigenvalue weighted by molar-refractivity contribution is 5.60. The summed E-state index contributed by atoms with van der Waals surface area (Å²) in [5, 5.41) is 0. The Morgan fingerprint density at radius 1 is 1.47 bits per heavy atom. The van der Waals surface area contributed by atoms with E-state index in [9.17, 15) is 4.79 Å². The molecule has 1 aromatic heterocycles. The van der Waals surface area contributed by atoms with Gasteiger partial charge in [-0.3, -0.25) is 0 Å². The van der Waals surface area contributed by atoms with Gasteiger partial charge in [-0.1, -0.05) is 0 Å². The van der Waals surface area contributed by atoms with Crippen LogP contribution in [0.3, 0.4) is 0 Å². The topological polar surface area (TPSA) is 62.6 Å². The van der Waals surface area contributed by atoms with Crippen LogP contribution in [0.2, 0.25) is 0 Å². The Labute approximate surface area is 113 Å². The number of carbonyl (C=O) groups is 1. The molecule has 0 aliphatic rings. The zero-order chi connectivity index (χ0) is 14.3. The van der Waals surface area contributed by atoms with E-state index in [2.05, 4.69) is 4.98 Å². The van der Waals surface area contributed by atoms with Crippen molar-refractivity contribution in [3.05, 3.63) is 24.3 Å². The third-order valence-electron chi connectivity index (χ3n) is 1.91. The standard InChI is InChI=1S/C13H20N2O4/c1-13(2,3)19-12(16)18-7-5-6-11-8-15(9-14-11)10-17-4/h5-6,8-9H,7,10H2,1-4H3/b6-5+. The van der Waals surface area contributed by atoms with E-state index < -0.39 is 11.8 Å². The van der Waals surface area contributed by atoms with Gasteiger partial charge >= 0.3 is 6.16 Å². The molecule has 0 amide bonds. The van der Waals surface area contributed by atoms with Crippen LogP contribution in [0.4, 0.5) is 4.79 Å². The van der Waals surface area contributed by atoms with Gasteiger partial charge in [0.2, 0.25) is 0 Å². The SMILES string of the molecule is COCn1cnc(/C=C/COC(=O)OC(C)(C)C)c1. The van der Waals surface area contributed by atoms with E-state index >= 15 is 0 Å². The molecule has 0 saturated carbocycles. The number of carbonyl (C=O) groups excluding carboxylic acids is 1. The number of methoxy groups -OCH3 is 1. The molecular weight excluding hydrogens is 248 g/mol. The number of rotatable bonds is 5. The molecule has 0 spiro atoms. The molecule has 1 rings (SSSR count). The number of hydrogen-bond donors (Lipinski definition) is 0. The predicted octanol–water partition coefficient (Wildman–Crippen LogP) is 2.45. The summed E-state index contributed by atoms with van der Waals surface area (Å²) >= 11 is 0. The Kier molecular flexibility index (Phi) is 5.57. The van der Waals surface area contributed by atoms with Crippen LogP contribution in [0.15, 0.2) is 18.6 Å². The molecule has 0 aliphatic carbocycles. The van der Waals surface area contributed by atoms with Crippen molar-refractivity contribution in [1.29, 1.82) is 0 Å². The molecule has 1 aromatic rings. The largest absolute Gasteiger partial charge is 0.509 e. The fourth-order valence-electron chi connectivity index (χ4n) is 1.25. The van der Waals surface area contributed by atoms with Gasteiger partial charge in [-0.25, -0.2) is 9.78 Å². The van der Waals surface area contributed by atoms with E-state index in [1.165, 1.54) is 0 Å². The summed E-state index contributed by atoms with van der Waals surface area (Å²) < 4.78 is 16.6. The van der Waals surface area contributed by atoms with Gasteiger partial charge in [0.05, 0.1) is 12.0 Å². The van der Waals surface area contributed by atoms with Gasteiger partial charge in [0.1, 0.15) is 18.9 Å². The Balaban J connectivity index is 2.31. The predicted molar refractivity (Wildman–Crippen MR) is 70.5 cm³/mol. The van der Waals surface area contributed by atoms with E-state index in [0.29, 0.717) is 6.73 Å². The fraction of sp³-hybridized carbons (Fsp3) is 0.538. The summed E-state index contributed by atoms with van der Waals surface area (Å²) in [7, 11) is 1.62. The molecule has 0 bridgehead atoms. The lowest BCUT2D eigenvalue weighted by molar-refractivity contribution is -0.00235. The molecule has 19 heavy (non-hydrogen) atoms. The average molecular weight is 268 g/mol. The third-order valence-corrected chi connectivity index (χ3v) is 1.91. The first-order valence-corrected chi connectivity index (χ1v) is 5.94. The second kappa shape index (κ2) is 6.94. The third kappa shape index (κ3) is 6.61. The van der Waals surface area contributed by atoms with E-state index in [0.717, 1.165) is 5.69 Å². The van der Waals surface area contributed by atoms with Crippen LogP contribution in [0.1, 0.15) is 26.5 Å². The minimum absolute atomic E-state index is 0.145. The summed E-state index contributed by atoms with van der Waals surface area (Å²) in [4.78, 5) is 15.4. The molecule has 0 fully saturated rings. The summed E-state index contributed by atoms with van der Waals surface area (Å²) in [6.45, 7) is 5.95. The van der Waals surface area contributed by atoms with Gasteiger partial charge in [-0.15, -0.1) is 0 Å². The lowest BCUT2D eigenvalue weighted by atomic mass is 10.2. The van der Waals surface area contributed by atoms with Crippen molar-refractivity contribution >= 4 is 12.2 Å². The van der Waals surface area contributed by atoms with Crippen molar-refractivity contribution < 1.29 is 19.0 Å². The maximum Gasteiger partial charge on any atom is 0.509 e. The van der Waals surface area contributed by atoms with Crippen LogP contribution in [0.25, 0.3) is 6.08 Å². The lowest BCUT2D eigenvalue weighted by Crippen LogP contribution is -2.24. The van der Waals surface area contributed by atoms with E-state index in [1.54, 1.807) is 50.9 Å². The molecule has 0 unspecified atom stereocenters. The Morgan fingerprint density at radius 2 is 2.21 bits per heavy atom. The van der Waals surface area contributed by atoms with E-state index in [4.69, 9.17) is 14.2 Å². The Morgan fingerprint density at radius 3 is 2.84 bits per heavy atom. The summed E-state index contributed by atoms with van der Waals surface area (Å²) in [6, 6.07) is 0. The van der Waals surface area contributed by atoms with Crippen LogP contribution in [0.5, 0.6) is 0 Å². The monoisotopic (exact) mass is 268 g/mol. The summed E-state index contributed by atoms with van der Waals surface area (Å²) in [5.41, 5.74) is 0.226. The van der Waals surface area contributed by atoms with Gasteiger partial charge in [-0.2, -0.15) is 0 Å². The highest BCUT2D eigenvalue weighted by atomic mass is 16.7. The molecule has 0 radical (unpaired) electrons. The van der Waals surface area contributed by atoms with E-state index in [1.807, 2.05) is 6.20 Å². The molecule has 0 saturated heterocycles. The highest BCUT2D eigenvalue weighted by Crippen LogP contribution is 2.08. The van der Waals surface area contributed by atoms with Crippen molar-refractivity contribution in [3.8, 4) is 0 Å². The van der Waals surface area contributed by atoms with Gasteiger partial charge in [0, 0.05) is 13.3 Å². The number of hydrogen-bond acceptors (Lipinski definition) is 5. The number of nitrogens with zero attached hydrogens (tertiary/aromatic N) is 2. The number of aromatic nitrogens is 2. The normalized spacial score (nSPS) is 11.8.